The van der Waals surface area contributed by atoms with E-state index in [1.165, 1.54) is 4.90 Å². The zero-order valence-corrected chi connectivity index (χ0v) is 18.8. The predicted octanol–water partition coefficient (Wildman–Crippen LogP) is 4.89. The first-order valence-electron chi connectivity index (χ1n) is 9.69. The van der Waals surface area contributed by atoms with Gasteiger partial charge in [0.2, 0.25) is 5.91 Å². The molecule has 152 valence electrons. The van der Waals surface area contributed by atoms with E-state index < -0.39 is 0 Å². The number of hydrogen-bond donors (Lipinski definition) is 2. The van der Waals surface area contributed by atoms with Crippen molar-refractivity contribution in [2.24, 2.45) is 0 Å². The Labute approximate surface area is 177 Å². The summed E-state index contributed by atoms with van der Waals surface area (Å²) in [6.45, 7) is 5.54. The Kier molecular flexibility index (Phi) is 9.58. The van der Waals surface area contributed by atoms with Crippen LogP contribution in [0.15, 0.2) is 53.4 Å². The summed E-state index contributed by atoms with van der Waals surface area (Å²) in [4.78, 5) is 16.1. The fourth-order valence-corrected chi connectivity index (χ4v) is 4.51. The summed E-state index contributed by atoms with van der Waals surface area (Å²) in [5.41, 5.74) is 3.31. The number of nitrogens with zero attached hydrogens (tertiary/aromatic N) is 1. The summed E-state index contributed by atoms with van der Waals surface area (Å²) in [6, 6.07) is 16.5. The largest absolute Gasteiger partial charge is 0.382 e. The third-order valence-electron chi connectivity index (χ3n) is 4.21. The molecule has 2 aromatic carbocycles. The maximum Gasteiger partial charge on any atom is 0.237 e. The van der Waals surface area contributed by atoms with Gasteiger partial charge < -0.3 is 15.5 Å². The number of thioether (sulfide) groups is 2. The van der Waals surface area contributed by atoms with E-state index in [1.807, 2.05) is 31.9 Å². The number of carbonyl (C=O) groups excluding carboxylic acids is 1. The molecule has 0 saturated heterocycles. The van der Waals surface area contributed by atoms with E-state index in [0.717, 1.165) is 28.4 Å². The van der Waals surface area contributed by atoms with Gasteiger partial charge in [-0.25, -0.2) is 0 Å². The van der Waals surface area contributed by atoms with Crippen LogP contribution < -0.4 is 15.5 Å². The van der Waals surface area contributed by atoms with Gasteiger partial charge in [-0.05, 0) is 41.3 Å². The van der Waals surface area contributed by atoms with Crippen LogP contribution in [-0.2, 0) is 4.79 Å². The minimum absolute atomic E-state index is 0.0717. The smallest absolute Gasteiger partial charge is 0.237 e. The van der Waals surface area contributed by atoms with Gasteiger partial charge in [-0.1, -0.05) is 38.1 Å². The Morgan fingerprint density at radius 3 is 2.36 bits per heavy atom. The first-order valence-corrected chi connectivity index (χ1v) is 11.7. The molecule has 1 unspecified atom stereocenters. The zero-order chi connectivity index (χ0) is 20.4. The highest BCUT2D eigenvalue weighted by atomic mass is 32.2. The lowest BCUT2D eigenvalue weighted by Crippen LogP contribution is -2.32. The second-order valence-corrected chi connectivity index (χ2v) is 9.16. The third kappa shape index (κ3) is 6.67. The van der Waals surface area contributed by atoms with Crippen LogP contribution >= 0.6 is 23.5 Å². The van der Waals surface area contributed by atoms with Gasteiger partial charge in [0.15, 0.2) is 0 Å². The van der Waals surface area contributed by atoms with Crippen LogP contribution in [0.1, 0.15) is 24.7 Å². The number of anilines is 2. The van der Waals surface area contributed by atoms with Gasteiger partial charge >= 0.3 is 0 Å². The highest BCUT2D eigenvalue weighted by Crippen LogP contribution is 2.30. The average Bonchev–Trinajstić information content (AvgIpc) is 2.70. The maximum atomic E-state index is 12.8. The summed E-state index contributed by atoms with van der Waals surface area (Å²) in [5, 5.41) is 6.35. The van der Waals surface area contributed by atoms with Crippen molar-refractivity contribution in [2.75, 3.05) is 48.9 Å². The number of nitrogens with one attached hydrogen (secondary N) is 2. The van der Waals surface area contributed by atoms with E-state index in [9.17, 15) is 4.79 Å². The molecule has 2 aromatic rings. The number of carbonyl (C=O) groups is 1. The fraction of sp³-hybridized carbons (Fsp3) is 0.409. The minimum atomic E-state index is -0.177. The van der Waals surface area contributed by atoms with Crippen molar-refractivity contribution in [3.63, 3.8) is 0 Å². The number of hydrogen-bond acceptors (Lipinski definition) is 5. The number of benzene rings is 2. The van der Waals surface area contributed by atoms with Crippen molar-refractivity contribution in [3.8, 4) is 0 Å². The van der Waals surface area contributed by atoms with Crippen LogP contribution in [0.3, 0.4) is 0 Å². The third-order valence-corrected chi connectivity index (χ3v) is 6.32. The van der Waals surface area contributed by atoms with Crippen LogP contribution in [0.5, 0.6) is 0 Å². The van der Waals surface area contributed by atoms with E-state index in [4.69, 9.17) is 0 Å². The average molecular weight is 418 g/mol. The van der Waals surface area contributed by atoms with E-state index in [2.05, 4.69) is 71.8 Å². The van der Waals surface area contributed by atoms with Crippen molar-refractivity contribution < 1.29 is 4.79 Å². The highest BCUT2D eigenvalue weighted by Gasteiger charge is 2.20. The Hall–Kier alpha value is -1.79. The van der Waals surface area contributed by atoms with Gasteiger partial charge in [0.25, 0.3) is 0 Å². The summed E-state index contributed by atoms with van der Waals surface area (Å²) in [7, 11) is 4.04. The molecule has 6 heteroatoms. The normalized spacial score (nSPS) is 11.7. The summed E-state index contributed by atoms with van der Waals surface area (Å²) < 4.78 is 0. The van der Waals surface area contributed by atoms with Gasteiger partial charge in [0, 0.05) is 43.5 Å². The van der Waals surface area contributed by atoms with Crippen molar-refractivity contribution in [1.29, 1.82) is 0 Å². The second-order valence-electron chi connectivity index (χ2n) is 6.47. The van der Waals surface area contributed by atoms with Crippen LogP contribution in [0.4, 0.5) is 11.4 Å². The molecule has 0 heterocycles. The molecular weight excluding hydrogens is 386 g/mol. The maximum absolute atomic E-state index is 12.8. The Morgan fingerprint density at radius 2 is 1.71 bits per heavy atom. The molecule has 28 heavy (non-hydrogen) atoms. The highest BCUT2D eigenvalue weighted by molar-refractivity contribution is 8.00. The molecule has 1 amide bonds. The molecule has 0 aromatic heterocycles. The van der Waals surface area contributed by atoms with Gasteiger partial charge in [0.05, 0.1) is 0 Å². The van der Waals surface area contributed by atoms with Crippen molar-refractivity contribution in [1.82, 2.24) is 5.32 Å². The Bertz CT molecular complexity index is 735. The lowest BCUT2D eigenvalue weighted by molar-refractivity contribution is -0.120. The van der Waals surface area contributed by atoms with E-state index in [-0.39, 0.29) is 11.2 Å². The SMILES string of the molecule is CCSc1ccccc1NCCNC(=O)C(SCC)c1ccc(N(C)C)cc1. The van der Waals surface area contributed by atoms with E-state index >= 15 is 0 Å². The first kappa shape index (κ1) is 22.5. The van der Waals surface area contributed by atoms with Crippen molar-refractivity contribution >= 4 is 40.8 Å². The molecule has 0 spiro atoms. The van der Waals surface area contributed by atoms with Gasteiger partial charge in [0.1, 0.15) is 5.25 Å². The molecule has 0 fully saturated rings. The Morgan fingerprint density at radius 1 is 1.00 bits per heavy atom. The van der Waals surface area contributed by atoms with Gasteiger partial charge in [-0.3, -0.25) is 4.79 Å². The molecular formula is C22H31N3OS2. The predicted molar refractivity (Wildman–Crippen MR) is 126 cm³/mol. The summed E-state index contributed by atoms with van der Waals surface area (Å²) in [6.07, 6.45) is 0. The molecule has 1 atom stereocenters. The molecule has 4 nitrogen and oxygen atoms in total. The molecule has 2 rings (SSSR count). The summed E-state index contributed by atoms with van der Waals surface area (Å²) in [5.74, 6) is 2.01. The van der Waals surface area contributed by atoms with Gasteiger partial charge in [-0.15, -0.1) is 23.5 Å². The first-order chi connectivity index (χ1) is 13.6. The van der Waals surface area contributed by atoms with Gasteiger partial charge in [-0.2, -0.15) is 0 Å². The lowest BCUT2D eigenvalue weighted by Gasteiger charge is -2.18. The lowest BCUT2D eigenvalue weighted by atomic mass is 10.1. The number of rotatable bonds is 11. The molecule has 0 aliphatic rings. The standard InChI is InChI=1S/C22H31N3OS2/c1-5-27-20-10-8-7-9-19(20)23-15-16-24-22(26)21(28-6-2)17-11-13-18(14-12-17)25(3)4/h7-14,21,23H,5-6,15-16H2,1-4H3,(H,24,26). The van der Waals surface area contributed by atoms with Crippen LogP contribution in [0, 0.1) is 0 Å². The van der Waals surface area contributed by atoms with Crippen molar-refractivity contribution in [3.05, 3.63) is 54.1 Å². The van der Waals surface area contributed by atoms with Crippen LogP contribution in [0.2, 0.25) is 0 Å². The molecule has 2 N–H and O–H groups in total. The zero-order valence-electron chi connectivity index (χ0n) is 17.2. The second kappa shape index (κ2) is 11.9. The molecule has 0 aliphatic carbocycles. The van der Waals surface area contributed by atoms with Crippen molar-refractivity contribution in [2.45, 2.75) is 24.0 Å². The fourth-order valence-electron chi connectivity index (χ4n) is 2.81. The molecule has 0 aliphatic heterocycles. The quantitative estimate of drug-likeness (QED) is 0.403. The minimum Gasteiger partial charge on any atom is -0.382 e. The van der Waals surface area contributed by atoms with Crippen LogP contribution in [-0.4, -0.2) is 44.6 Å². The van der Waals surface area contributed by atoms with E-state index in [1.54, 1.807) is 11.8 Å². The summed E-state index contributed by atoms with van der Waals surface area (Å²) >= 11 is 3.49. The molecule has 0 saturated carbocycles. The number of para-hydroxylation sites is 1. The monoisotopic (exact) mass is 417 g/mol. The Balaban J connectivity index is 1.90. The topological polar surface area (TPSA) is 44.4 Å². The number of amides is 1. The molecule has 0 bridgehead atoms. The molecule has 0 radical (unpaired) electrons. The van der Waals surface area contributed by atoms with E-state index in [0.29, 0.717) is 13.1 Å². The van der Waals surface area contributed by atoms with Crippen LogP contribution in [0.25, 0.3) is 0 Å².